The first-order valence-corrected chi connectivity index (χ1v) is 7.48. The molecule has 2 aliphatic rings. The van der Waals surface area contributed by atoms with Crippen LogP contribution in [0.25, 0.3) is 0 Å². The molecule has 18 heavy (non-hydrogen) atoms. The van der Waals surface area contributed by atoms with Crippen LogP contribution in [0, 0.1) is 11.3 Å². The molecule has 104 valence electrons. The molecule has 2 N–H and O–H groups in total. The monoisotopic (exact) mass is 254 g/mol. The summed E-state index contributed by atoms with van der Waals surface area (Å²) in [4.78, 5) is 11.4. The molecule has 0 aromatic heterocycles. The van der Waals surface area contributed by atoms with E-state index in [1.807, 2.05) is 6.92 Å². The summed E-state index contributed by atoms with van der Waals surface area (Å²) in [5.74, 6) is -1.06. The molecule has 0 aliphatic heterocycles. The van der Waals surface area contributed by atoms with E-state index in [1.54, 1.807) is 0 Å². The second kappa shape index (κ2) is 5.20. The third-order valence-electron chi connectivity index (χ3n) is 5.39. The summed E-state index contributed by atoms with van der Waals surface area (Å²) >= 11 is 0. The molecule has 1 atom stereocenters. The molecule has 0 radical (unpaired) electrons. The third-order valence-corrected chi connectivity index (χ3v) is 5.39. The van der Waals surface area contributed by atoms with Gasteiger partial charge in [-0.3, -0.25) is 0 Å². The minimum Gasteiger partial charge on any atom is -0.479 e. The summed E-state index contributed by atoms with van der Waals surface area (Å²) in [7, 11) is 0. The Kier molecular flexibility index (Phi) is 4.00. The van der Waals surface area contributed by atoms with Crippen LogP contribution in [-0.2, 0) is 4.79 Å². The molecule has 2 rings (SSSR count). The van der Waals surface area contributed by atoms with Crippen molar-refractivity contribution in [3.8, 4) is 0 Å². The number of hydrogen-bond donors (Lipinski definition) is 2. The highest BCUT2D eigenvalue weighted by atomic mass is 16.4. The lowest BCUT2D eigenvalue weighted by molar-refractivity contribution is -0.169. The molecule has 2 saturated carbocycles. The van der Waals surface area contributed by atoms with E-state index in [4.69, 9.17) is 0 Å². The zero-order valence-corrected chi connectivity index (χ0v) is 11.5. The smallest absolute Gasteiger partial charge is 0.335 e. The maximum Gasteiger partial charge on any atom is 0.335 e. The number of aliphatic carboxylic acids is 1. The van der Waals surface area contributed by atoms with E-state index < -0.39 is 11.6 Å². The first-order chi connectivity index (χ1) is 8.52. The molecule has 1 unspecified atom stereocenters. The fourth-order valence-electron chi connectivity index (χ4n) is 4.20. The lowest BCUT2D eigenvalue weighted by Gasteiger charge is -2.42. The summed E-state index contributed by atoms with van der Waals surface area (Å²) in [6.07, 6.45) is 10.5. The van der Waals surface area contributed by atoms with Crippen molar-refractivity contribution in [1.82, 2.24) is 0 Å². The maximum atomic E-state index is 11.4. The van der Waals surface area contributed by atoms with Crippen molar-refractivity contribution in [2.45, 2.75) is 76.7 Å². The average molecular weight is 254 g/mol. The van der Waals surface area contributed by atoms with Gasteiger partial charge < -0.3 is 10.2 Å². The predicted octanol–water partition coefficient (Wildman–Crippen LogP) is 3.35. The van der Waals surface area contributed by atoms with Gasteiger partial charge in [0.25, 0.3) is 0 Å². The van der Waals surface area contributed by atoms with Crippen LogP contribution in [0.1, 0.15) is 71.1 Å². The van der Waals surface area contributed by atoms with Gasteiger partial charge in [0.05, 0.1) is 0 Å². The Hall–Kier alpha value is -0.570. The van der Waals surface area contributed by atoms with Gasteiger partial charge >= 0.3 is 5.97 Å². The Morgan fingerprint density at radius 2 is 1.78 bits per heavy atom. The largest absolute Gasteiger partial charge is 0.479 e. The van der Waals surface area contributed by atoms with Crippen molar-refractivity contribution in [3.63, 3.8) is 0 Å². The molecule has 3 nitrogen and oxygen atoms in total. The van der Waals surface area contributed by atoms with Gasteiger partial charge in [0.1, 0.15) is 0 Å². The zero-order chi connectivity index (χ0) is 13.2. The van der Waals surface area contributed by atoms with Crippen molar-refractivity contribution in [1.29, 1.82) is 0 Å². The highest BCUT2D eigenvalue weighted by molar-refractivity contribution is 5.77. The van der Waals surface area contributed by atoms with Crippen molar-refractivity contribution < 1.29 is 15.0 Å². The van der Waals surface area contributed by atoms with E-state index in [9.17, 15) is 15.0 Å². The topological polar surface area (TPSA) is 57.5 Å². The second-order valence-electron chi connectivity index (χ2n) is 6.46. The van der Waals surface area contributed by atoms with E-state index in [0.29, 0.717) is 11.8 Å². The molecule has 0 aromatic carbocycles. The van der Waals surface area contributed by atoms with Gasteiger partial charge in [-0.25, -0.2) is 4.79 Å². The minimum atomic E-state index is -1.48. The van der Waals surface area contributed by atoms with Gasteiger partial charge in [-0.1, -0.05) is 26.2 Å². The number of rotatable bonds is 4. The van der Waals surface area contributed by atoms with E-state index in [-0.39, 0.29) is 5.92 Å². The first-order valence-electron chi connectivity index (χ1n) is 7.48. The Balaban J connectivity index is 2.00. The van der Waals surface area contributed by atoms with Gasteiger partial charge in [-0.05, 0) is 56.3 Å². The molecular formula is C15H26O3. The second-order valence-corrected chi connectivity index (χ2v) is 6.46. The fourth-order valence-corrected chi connectivity index (χ4v) is 4.20. The molecule has 0 aromatic rings. The summed E-state index contributed by atoms with van der Waals surface area (Å²) in [6, 6.07) is 0. The van der Waals surface area contributed by atoms with Crippen LogP contribution in [-0.4, -0.2) is 21.8 Å². The van der Waals surface area contributed by atoms with Crippen molar-refractivity contribution >= 4 is 5.97 Å². The predicted molar refractivity (Wildman–Crippen MR) is 70.4 cm³/mol. The van der Waals surface area contributed by atoms with E-state index in [0.717, 1.165) is 32.1 Å². The van der Waals surface area contributed by atoms with E-state index >= 15 is 0 Å². The number of carboxylic acid groups (broad SMARTS) is 1. The molecule has 0 heterocycles. The first kappa shape index (κ1) is 13.9. The Morgan fingerprint density at radius 3 is 2.22 bits per heavy atom. The zero-order valence-electron chi connectivity index (χ0n) is 11.5. The van der Waals surface area contributed by atoms with Crippen LogP contribution in [0.4, 0.5) is 0 Å². The van der Waals surface area contributed by atoms with Crippen LogP contribution >= 0.6 is 0 Å². The van der Waals surface area contributed by atoms with Gasteiger partial charge in [0.15, 0.2) is 5.60 Å². The number of aliphatic hydroxyl groups is 1. The van der Waals surface area contributed by atoms with Crippen molar-refractivity contribution in [3.05, 3.63) is 0 Å². The standard InChI is InChI=1S/C15H26O3/c1-2-7-15(18,13(16)17)12-5-10-14(11-6-12)8-3-4-9-14/h12,18H,2-11H2,1H3,(H,16,17). The van der Waals surface area contributed by atoms with Gasteiger partial charge in [0.2, 0.25) is 0 Å². The van der Waals surface area contributed by atoms with Crippen molar-refractivity contribution in [2.24, 2.45) is 11.3 Å². The van der Waals surface area contributed by atoms with Crippen LogP contribution in [0.5, 0.6) is 0 Å². The lowest BCUT2D eigenvalue weighted by Crippen LogP contribution is -2.48. The quantitative estimate of drug-likeness (QED) is 0.809. The molecule has 0 bridgehead atoms. The number of hydrogen-bond acceptors (Lipinski definition) is 2. The molecule has 0 saturated heterocycles. The Morgan fingerprint density at radius 1 is 1.22 bits per heavy atom. The maximum absolute atomic E-state index is 11.4. The Labute approximate surface area is 110 Å². The summed E-state index contributed by atoms with van der Waals surface area (Å²) < 4.78 is 0. The SMILES string of the molecule is CCCC(O)(C(=O)O)C1CCC2(CCCC2)CC1. The van der Waals surface area contributed by atoms with E-state index in [1.165, 1.54) is 25.7 Å². The van der Waals surface area contributed by atoms with Crippen LogP contribution in [0.15, 0.2) is 0 Å². The third kappa shape index (κ3) is 2.42. The van der Waals surface area contributed by atoms with Crippen LogP contribution in [0.3, 0.4) is 0 Å². The number of carboxylic acids is 1. The van der Waals surface area contributed by atoms with Gasteiger partial charge in [0, 0.05) is 0 Å². The summed E-state index contributed by atoms with van der Waals surface area (Å²) in [6.45, 7) is 1.94. The minimum absolute atomic E-state index is 0.0406. The average Bonchev–Trinajstić information content (AvgIpc) is 2.78. The van der Waals surface area contributed by atoms with Gasteiger partial charge in [-0.2, -0.15) is 0 Å². The molecule has 3 heteroatoms. The molecular weight excluding hydrogens is 228 g/mol. The molecule has 2 aliphatic carbocycles. The number of carbonyl (C=O) groups is 1. The van der Waals surface area contributed by atoms with Crippen LogP contribution < -0.4 is 0 Å². The molecule has 1 spiro atoms. The normalized spacial score (nSPS) is 27.2. The van der Waals surface area contributed by atoms with Crippen LogP contribution in [0.2, 0.25) is 0 Å². The fraction of sp³-hybridized carbons (Fsp3) is 0.933. The lowest BCUT2D eigenvalue weighted by atomic mass is 9.65. The highest BCUT2D eigenvalue weighted by Gasteiger charge is 2.47. The Bertz CT molecular complexity index is 297. The van der Waals surface area contributed by atoms with E-state index in [2.05, 4.69) is 0 Å². The summed E-state index contributed by atoms with van der Waals surface area (Å²) in [5, 5.41) is 19.8. The molecule has 2 fully saturated rings. The highest BCUT2D eigenvalue weighted by Crippen LogP contribution is 2.52. The van der Waals surface area contributed by atoms with Crippen molar-refractivity contribution in [2.75, 3.05) is 0 Å². The van der Waals surface area contributed by atoms with Gasteiger partial charge in [-0.15, -0.1) is 0 Å². The molecule has 0 amide bonds. The summed E-state index contributed by atoms with van der Waals surface area (Å²) in [5.41, 5.74) is -0.975.